The minimum Gasteiger partial charge on any atom is -0.457 e. The summed E-state index contributed by atoms with van der Waals surface area (Å²) in [6.07, 6.45) is -0.0308. The number of carbonyl (C=O) groups is 2. The molecule has 2 aromatic heterocycles. The van der Waals surface area contributed by atoms with Crippen LogP contribution in [0.1, 0.15) is 40.4 Å². The number of rotatable bonds is 4. The monoisotopic (exact) mass is 512 g/mol. The van der Waals surface area contributed by atoms with Crippen LogP contribution in [0.15, 0.2) is 59.4 Å². The number of nitrogens with two attached hydrogens (primary N) is 1. The maximum atomic E-state index is 13.6. The summed E-state index contributed by atoms with van der Waals surface area (Å²) >= 11 is 0. The number of nitro groups is 1. The van der Waals surface area contributed by atoms with E-state index in [1.165, 1.54) is 18.2 Å². The number of non-ortho nitro benzene ring substituents is 1. The molecule has 4 aromatic rings. The molecular weight excluding hydrogens is 492 g/mol. The van der Waals surface area contributed by atoms with Crippen molar-refractivity contribution in [2.24, 2.45) is 0 Å². The lowest BCUT2D eigenvalue weighted by atomic mass is 9.85. The molecule has 0 fully saturated rings. The Labute approximate surface area is 214 Å². The minimum atomic E-state index is -1.92. The van der Waals surface area contributed by atoms with Crippen LogP contribution in [0.25, 0.3) is 22.3 Å². The lowest BCUT2D eigenvalue weighted by molar-refractivity contribution is -0.384. The van der Waals surface area contributed by atoms with Gasteiger partial charge in [-0.1, -0.05) is 19.1 Å². The first kappa shape index (κ1) is 23.3. The maximum absolute atomic E-state index is 13.6. The number of nitrogens with zero attached hydrogens (tertiary/aromatic N) is 3. The van der Waals surface area contributed by atoms with Crippen molar-refractivity contribution in [3.05, 3.63) is 97.3 Å². The van der Waals surface area contributed by atoms with Crippen molar-refractivity contribution >= 4 is 34.2 Å². The number of hydrogen-bond donors (Lipinski definition) is 1. The number of esters is 2. The summed E-state index contributed by atoms with van der Waals surface area (Å²) in [7, 11) is 0. The molecule has 0 bridgehead atoms. The van der Waals surface area contributed by atoms with Gasteiger partial charge in [-0.05, 0) is 36.8 Å². The van der Waals surface area contributed by atoms with E-state index in [9.17, 15) is 24.5 Å². The predicted octanol–water partition coefficient (Wildman–Crippen LogP) is 3.43. The topological polar surface area (TPSA) is 157 Å². The average Bonchev–Trinajstić information content (AvgIpc) is 3.27. The second kappa shape index (κ2) is 8.23. The van der Waals surface area contributed by atoms with Crippen LogP contribution in [0.2, 0.25) is 0 Å². The molecule has 11 heteroatoms. The Kier molecular flexibility index (Phi) is 5.06. The summed E-state index contributed by atoms with van der Waals surface area (Å²) in [5.74, 6) is -1.78. The number of hydrogen-bond acceptors (Lipinski definition) is 9. The number of carbonyl (C=O) groups excluding carboxylic acids is 2. The molecule has 0 saturated carbocycles. The molecule has 2 aliphatic rings. The Morgan fingerprint density at radius 2 is 2.00 bits per heavy atom. The maximum Gasteiger partial charge on any atom is 0.355 e. The molecule has 1 atom stereocenters. The standard InChI is InChI=1S/C27H20N4O7/c1-2-27(38-25(33)14-5-3-6-16(9-14)31(35)36)19-11-22-23-15(10-17-20(28)7-4-8-21(17)29-23)12-30(22)24(32)18(19)13-37-26(27)34/h3-11H,2,12-13,28H2,1H3/t27-/m0/s1. The summed E-state index contributed by atoms with van der Waals surface area (Å²) in [4.78, 5) is 55.2. The average molecular weight is 512 g/mol. The van der Waals surface area contributed by atoms with Gasteiger partial charge in [0.25, 0.3) is 11.2 Å². The van der Waals surface area contributed by atoms with Crippen LogP contribution < -0.4 is 11.3 Å². The van der Waals surface area contributed by atoms with Gasteiger partial charge in [0.05, 0.1) is 39.5 Å². The molecule has 0 amide bonds. The van der Waals surface area contributed by atoms with Gasteiger partial charge >= 0.3 is 11.9 Å². The van der Waals surface area contributed by atoms with Crippen molar-refractivity contribution in [2.45, 2.75) is 32.1 Å². The van der Waals surface area contributed by atoms with Gasteiger partial charge in [0.1, 0.15) is 6.61 Å². The summed E-state index contributed by atoms with van der Waals surface area (Å²) < 4.78 is 12.6. The normalized spacial score (nSPS) is 17.3. The molecular formula is C27H20N4O7. The van der Waals surface area contributed by atoms with Crippen LogP contribution in [-0.2, 0) is 33.0 Å². The highest BCUT2D eigenvalue weighted by atomic mass is 16.6. The fourth-order valence-electron chi connectivity index (χ4n) is 5.15. The lowest BCUT2D eigenvalue weighted by Gasteiger charge is -2.35. The summed E-state index contributed by atoms with van der Waals surface area (Å²) in [5, 5.41) is 11.9. The lowest BCUT2D eigenvalue weighted by Crippen LogP contribution is -2.47. The molecule has 0 aliphatic carbocycles. The largest absolute Gasteiger partial charge is 0.457 e. The number of anilines is 1. The van der Waals surface area contributed by atoms with Crippen molar-refractivity contribution in [1.82, 2.24) is 9.55 Å². The van der Waals surface area contributed by atoms with Crippen molar-refractivity contribution in [2.75, 3.05) is 5.73 Å². The fraction of sp³-hybridized carbons (Fsp3) is 0.185. The van der Waals surface area contributed by atoms with Gasteiger partial charge in [-0.15, -0.1) is 0 Å². The van der Waals surface area contributed by atoms with Crippen LogP contribution in [0.5, 0.6) is 0 Å². The smallest absolute Gasteiger partial charge is 0.355 e. The number of nitrogen functional groups attached to an aromatic ring is 1. The molecule has 0 radical (unpaired) electrons. The summed E-state index contributed by atoms with van der Waals surface area (Å²) in [6.45, 7) is 1.61. The van der Waals surface area contributed by atoms with Gasteiger partial charge in [0.2, 0.25) is 5.60 Å². The molecule has 38 heavy (non-hydrogen) atoms. The van der Waals surface area contributed by atoms with Gasteiger partial charge in [-0.3, -0.25) is 14.9 Å². The van der Waals surface area contributed by atoms with Gasteiger partial charge in [0.15, 0.2) is 0 Å². The zero-order valence-electron chi connectivity index (χ0n) is 20.1. The molecule has 4 heterocycles. The molecule has 6 rings (SSSR count). The molecule has 0 spiro atoms. The number of aromatic nitrogens is 2. The number of benzene rings is 2. The van der Waals surface area contributed by atoms with Gasteiger partial charge in [-0.2, -0.15) is 0 Å². The van der Waals surface area contributed by atoms with Crippen LogP contribution in [0.4, 0.5) is 11.4 Å². The highest BCUT2D eigenvalue weighted by Crippen LogP contribution is 2.41. The van der Waals surface area contributed by atoms with E-state index in [2.05, 4.69) is 0 Å². The third-order valence-electron chi connectivity index (χ3n) is 7.11. The van der Waals surface area contributed by atoms with Gasteiger partial charge < -0.3 is 19.8 Å². The second-order valence-electron chi connectivity index (χ2n) is 9.18. The van der Waals surface area contributed by atoms with E-state index in [1.807, 2.05) is 12.1 Å². The SMILES string of the molecule is CC[C@@]1(OC(=O)c2cccc([N+](=O)[O-])c2)C(=O)OCc2c1cc1n(c2=O)Cc2cc3c(N)cccc3nc2-1. The first-order valence-corrected chi connectivity index (χ1v) is 11.8. The third kappa shape index (κ3) is 3.28. The Hall–Kier alpha value is -5.06. The first-order chi connectivity index (χ1) is 18.2. The van der Waals surface area contributed by atoms with Crippen LogP contribution in [0, 0.1) is 10.1 Å². The van der Waals surface area contributed by atoms with Crippen molar-refractivity contribution in [3.63, 3.8) is 0 Å². The molecule has 2 aliphatic heterocycles. The molecule has 11 nitrogen and oxygen atoms in total. The predicted molar refractivity (Wildman–Crippen MR) is 135 cm³/mol. The van der Waals surface area contributed by atoms with E-state index in [1.54, 1.807) is 29.7 Å². The summed E-state index contributed by atoms with van der Waals surface area (Å²) in [5.41, 5.74) is 6.87. The highest BCUT2D eigenvalue weighted by molar-refractivity contribution is 5.95. The molecule has 2 aromatic carbocycles. The molecule has 0 unspecified atom stereocenters. The van der Waals surface area contributed by atoms with E-state index >= 15 is 0 Å². The number of fused-ring (bicyclic) bond motifs is 5. The van der Waals surface area contributed by atoms with E-state index in [4.69, 9.17) is 20.2 Å². The summed E-state index contributed by atoms with van der Waals surface area (Å²) in [6, 6.07) is 13.9. The molecule has 190 valence electrons. The number of ether oxygens (including phenoxy) is 2. The van der Waals surface area contributed by atoms with E-state index in [0.29, 0.717) is 22.6 Å². The van der Waals surface area contributed by atoms with Gasteiger partial charge in [0, 0.05) is 34.3 Å². The van der Waals surface area contributed by atoms with E-state index < -0.39 is 22.5 Å². The quantitative estimate of drug-likeness (QED) is 0.165. The van der Waals surface area contributed by atoms with E-state index in [-0.39, 0.29) is 47.5 Å². The molecule has 0 saturated heterocycles. The minimum absolute atomic E-state index is 0.0308. The van der Waals surface area contributed by atoms with Crippen LogP contribution in [0.3, 0.4) is 0 Å². The zero-order chi connectivity index (χ0) is 26.8. The second-order valence-corrected chi connectivity index (χ2v) is 9.18. The number of nitro benzene ring substituents is 1. The number of cyclic esters (lactones) is 1. The Morgan fingerprint density at radius 3 is 2.76 bits per heavy atom. The Balaban J connectivity index is 1.50. The number of pyridine rings is 2. The van der Waals surface area contributed by atoms with Crippen molar-refractivity contribution in [1.29, 1.82) is 0 Å². The zero-order valence-corrected chi connectivity index (χ0v) is 20.1. The van der Waals surface area contributed by atoms with Crippen LogP contribution >= 0.6 is 0 Å². The Bertz CT molecular complexity index is 1780. The van der Waals surface area contributed by atoms with Crippen molar-refractivity contribution < 1.29 is 24.0 Å². The molecule has 2 N–H and O–H groups in total. The Morgan fingerprint density at radius 1 is 1.21 bits per heavy atom. The van der Waals surface area contributed by atoms with Gasteiger partial charge in [-0.25, -0.2) is 14.6 Å². The van der Waals surface area contributed by atoms with E-state index in [0.717, 1.165) is 17.0 Å². The fourth-order valence-corrected chi connectivity index (χ4v) is 5.15. The third-order valence-corrected chi connectivity index (χ3v) is 7.11. The highest BCUT2D eigenvalue weighted by Gasteiger charge is 2.50. The van der Waals surface area contributed by atoms with Crippen molar-refractivity contribution in [3.8, 4) is 11.4 Å². The van der Waals surface area contributed by atoms with Crippen LogP contribution in [-0.4, -0.2) is 26.4 Å². The first-order valence-electron chi connectivity index (χ1n) is 11.8.